The number of halogens is 1. The summed E-state index contributed by atoms with van der Waals surface area (Å²) < 4.78 is 10.4. The van der Waals surface area contributed by atoms with E-state index in [-0.39, 0.29) is 16.9 Å². The van der Waals surface area contributed by atoms with Crippen molar-refractivity contribution in [2.75, 3.05) is 14.2 Å². The molecule has 0 radical (unpaired) electrons. The first kappa shape index (κ1) is 14.5. The van der Waals surface area contributed by atoms with Crippen molar-refractivity contribution in [3.8, 4) is 5.75 Å². The van der Waals surface area contributed by atoms with Crippen molar-refractivity contribution in [1.29, 1.82) is 0 Å². The third-order valence-corrected chi connectivity index (χ3v) is 3.18. The molecule has 1 heterocycles. The number of carbonyl (C=O) groups excluding carboxylic acids is 1. The lowest BCUT2D eigenvalue weighted by Crippen LogP contribution is -2.26. The topological polar surface area (TPSA) is 42.7 Å². The minimum absolute atomic E-state index is 0.204. The fourth-order valence-corrected chi connectivity index (χ4v) is 2.12. The third-order valence-electron chi connectivity index (χ3n) is 2.97. The number of aryl methyl sites for hydroxylation is 1. The van der Waals surface area contributed by atoms with Crippen LogP contribution in [-0.2, 0) is 6.54 Å². The normalized spacial score (nSPS) is 10.4. The van der Waals surface area contributed by atoms with Crippen LogP contribution in [0.2, 0.25) is 5.22 Å². The molecular weight excluding hydrogens is 278 g/mol. The highest BCUT2D eigenvalue weighted by molar-refractivity contribution is 6.29. The highest BCUT2D eigenvalue weighted by Gasteiger charge is 2.17. The number of furan rings is 1. The molecule has 0 aliphatic rings. The van der Waals surface area contributed by atoms with Crippen LogP contribution in [-0.4, -0.2) is 25.0 Å². The Bertz CT molecular complexity index is 621. The highest BCUT2D eigenvalue weighted by atomic mass is 35.5. The Morgan fingerprint density at radius 1 is 1.35 bits per heavy atom. The minimum Gasteiger partial charge on any atom is -0.496 e. The Balaban J connectivity index is 2.17. The van der Waals surface area contributed by atoms with Crippen molar-refractivity contribution in [2.24, 2.45) is 0 Å². The van der Waals surface area contributed by atoms with Crippen molar-refractivity contribution in [2.45, 2.75) is 13.5 Å². The molecule has 4 nitrogen and oxygen atoms in total. The molecule has 106 valence electrons. The van der Waals surface area contributed by atoms with Gasteiger partial charge < -0.3 is 14.1 Å². The molecule has 0 aliphatic carbocycles. The van der Waals surface area contributed by atoms with Gasteiger partial charge in [0, 0.05) is 19.2 Å². The smallest absolute Gasteiger partial charge is 0.289 e. The Morgan fingerprint density at radius 3 is 2.70 bits per heavy atom. The second-order valence-corrected chi connectivity index (χ2v) is 4.95. The van der Waals surface area contributed by atoms with Crippen LogP contribution in [0.3, 0.4) is 0 Å². The predicted molar refractivity (Wildman–Crippen MR) is 77.2 cm³/mol. The van der Waals surface area contributed by atoms with E-state index in [1.807, 2.05) is 25.1 Å². The molecule has 5 heteroatoms. The number of ether oxygens (including phenoxy) is 1. The number of amides is 1. The molecule has 0 aliphatic heterocycles. The van der Waals surface area contributed by atoms with Gasteiger partial charge in [0.2, 0.25) is 0 Å². The van der Waals surface area contributed by atoms with E-state index >= 15 is 0 Å². The van der Waals surface area contributed by atoms with Gasteiger partial charge in [0.05, 0.1) is 7.11 Å². The zero-order valence-corrected chi connectivity index (χ0v) is 12.4. The number of hydrogen-bond acceptors (Lipinski definition) is 3. The second kappa shape index (κ2) is 6.01. The first-order valence-electron chi connectivity index (χ1n) is 6.15. The molecule has 0 N–H and O–H groups in total. The van der Waals surface area contributed by atoms with Gasteiger partial charge in [0.1, 0.15) is 5.75 Å². The van der Waals surface area contributed by atoms with Gasteiger partial charge in [-0.2, -0.15) is 0 Å². The van der Waals surface area contributed by atoms with Gasteiger partial charge in [0.15, 0.2) is 11.0 Å². The molecule has 0 saturated carbocycles. The molecule has 0 fully saturated rings. The Labute approximate surface area is 122 Å². The fourth-order valence-electron chi connectivity index (χ4n) is 1.98. The van der Waals surface area contributed by atoms with E-state index in [4.69, 9.17) is 20.8 Å². The quantitative estimate of drug-likeness (QED) is 0.866. The molecule has 1 aromatic heterocycles. The van der Waals surface area contributed by atoms with E-state index in [9.17, 15) is 4.79 Å². The van der Waals surface area contributed by atoms with Crippen LogP contribution >= 0.6 is 11.6 Å². The summed E-state index contributed by atoms with van der Waals surface area (Å²) >= 11 is 5.68. The van der Waals surface area contributed by atoms with Crippen LogP contribution in [0.15, 0.2) is 34.7 Å². The molecule has 0 unspecified atom stereocenters. The van der Waals surface area contributed by atoms with Gasteiger partial charge in [-0.3, -0.25) is 4.79 Å². The molecule has 20 heavy (non-hydrogen) atoms. The van der Waals surface area contributed by atoms with E-state index < -0.39 is 0 Å². The summed E-state index contributed by atoms with van der Waals surface area (Å²) in [7, 11) is 3.32. The lowest BCUT2D eigenvalue weighted by atomic mass is 10.1. The van der Waals surface area contributed by atoms with Crippen LogP contribution in [0.4, 0.5) is 0 Å². The number of rotatable bonds is 4. The van der Waals surface area contributed by atoms with Gasteiger partial charge >= 0.3 is 0 Å². The molecule has 1 aromatic carbocycles. The maximum absolute atomic E-state index is 12.2. The van der Waals surface area contributed by atoms with Crippen molar-refractivity contribution in [3.63, 3.8) is 0 Å². The summed E-state index contributed by atoms with van der Waals surface area (Å²) in [5.74, 6) is 0.761. The second-order valence-electron chi connectivity index (χ2n) is 4.58. The van der Waals surface area contributed by atoms with Crippen molar-refractivity contribution in [1.82, 2.24) is 4.90 Å². The number of methoxy groups -OCH3 is 1. The zero-order chi connectivity index (χ0) is 14.7. The monoisotopic (exact) mass is 293 g/mol. The van der Waals surface area contributed by atoms with E-state index in [0.29, 0.717) is 6.54 Å². The maximum atomic E-state index is 12.2. The number of nitrogens with zero attached hydrogens (tertiary/aromatic N) is 1. The van der Waals surface area contributed by atoms with E-state index in [0.717, 1.165) is 16.9 Å². The van der Waals surface area contributed by atoms with Crippen molar-refractivity contribution in [3.05, 3.63) is 52.4 Å². The maximum Gasteiger partial charge on any atom is 0.289 e. The van der Waals surface area contributed by atoms with Gasteiger partial charge in [-0.05, 0) is 36.7 Å². The lowest BCUT2D eigenvalue weighted by Gasteiger charge is -2.18. The summed E-state index contributed by atoms with van der Waals surface area (Å²) in [4.78, 5) is 13.7. The summed E-state index contributed by atoms with van der Waals surface area (Å²) in [6, 6.07) is 8.98. The Hall–Kier alpha value is -1.94. The van der Waals surface area contributed by atoms with Gasteiger partial charge in [-0.1, -0.05) is 17.7 Å². The first-order chi connectivity index (χ1) is 9.51. The Kier molecular flexibility index (Phi) is 4.35. The zero-order valence-electron chi connectivity index (χ0n) is 11.6. The molecule has 2 rings (SSSR count). The lowest BCUT2D eigenvalue weighted by molar-refractivity contribution is 0.0752. The average molecular weight is 294 g/mol. The van der Waals surface area contributed by atoms with Crippen molar-refractivity contribution < 1.29 is 13.9 Å². The van der Waals surface area contributed by atoms with Gasteiger partial charge in [0.25, 0.3) is 5.91 Å². The molecule has 2 aromatic rings. The van der Waals surface area contributed by atoms with Crippen LogP contribution in [0.25, 0.3) is 0 Å². The molecule has 0 atom stereocenters. The van der Waals surface area contributed by atoms with E-state index in [1.54, 1.807) is 31.2 Å². The van der Waals surface area contributed by atoms with Crippen LogP contribution < -0.4 is 4.74 Å². The van der Waals surface area contributed by atoms with Gasteiger partial charge in [-0.25, -0.2) is 0 Å². The predicted octanol–water partition coefficient (Wildman–Crippen LogP) is 3.52. The fraction of sp³-hybridized carbons (Fsp3) is 0.267. The SMILES string of the molecule is COc1ccc(C)cc1CN(C)C(=O)c1ccc(Cl)o1. The van der Waals surface area contributed by atoms with Crippen molar-refractivity contribution >= 4 is 17.5 Å². The van der Waals surface area contributed by atoms with Crippen LogP contribution in [0, 0.1) is 6.92 Å². The summed E-state index contributed by atoms with van der Waals surface area (Å²) in [5.41, 5.74) is 2.06. The molecule has 0 saturated heterocycles. The highest BCUT2D eigenvalue weighted by Crippen LogP contribution is 2.22. The molecule has 0 spiro atoms. The van der Waals surface area contributed by atoms with E-state index in [1.165, 1.54) is 0 Å². The van der Waals surface area contributed by atoms with Crippen LogP contribution in [0.5, 0.6) is 5.75 Å². The largest absolute Gasteiger partial charge is 0.496 e. The van der Waals surface area contributed by atoms with E-state index in [2.05, 4.69) is 0 Å². The summed E-state index contributed by atoms with van der Waals surface area (Å²) in [5, 5.41) is 0.204. The first-order valence-corrected chi connectivity index (χ1v) is 6.53. The standard InChI is InChI=1S/C15H16ClNO3/c1-10-4-5-12(19-3)11(8-10)9-17(2)15(18)13-6-7-14(16)20-13/h4-8H,9H2,1-3H3. The molecule has 1 amide bonds. The average Bonchev–Trinajstić information content (AvgIpc) is 2.84. The summed E-state index contributed by atoms with van der Waals surface area (Å²) in [6.45, 7) is 2.43. The minimum atomic E-state index is -0.222. The third kappa shape index (κ3) is 3.14. The number of benzene rings is 1. The summed E-state index contributed by atoms with van der Waals surface area (Å²) in [6.07, 6.45) is 0. The molecular formula is C15H16ClNO3. The number of carbonyl (C=O) groups is 1. The number of hydrogen-bond donors (Lipinski definition) is 0. The van der Waals surface area contributed by atoms with Crippen LogP contribution in [0.1, 0.15) is 21.7 Å². The molecule has 0 bridgehead atoms. The Morgan fingerprint density at radius 2 is 2.10 bits per heavy atom. The van der Waals surface area contributed by atoms with Gasteiger partial charge in [-0.15, -0.1) is 0 Å².